The topological polar surface area (TPSA) is 26.3 Å². The highest BCUT2D eigenvalue weighted by Crippen LogP contribution is 2.17. The predicted molar refractivity (Wildman–Crippen MR) is 47.2 cm³/mol. The predicted octanol–water partition coefficient (Wildman–Crippen LogP) is 2.57. The Hall–Kier alpha value is 0.170. The minimum Gasteiger partial charge on any atom is -0.462 e. The molecule has 0 amide bonds. The van der Waals surface area contributed by atoms with Gasteiger partial charge < -0.3 is 4.74 Å². The molecule has 0 aromatic rings. The van der Waals surface area contributed by atoms with Crippen LogP contribution < -0.4 is 0 Å². The van der Waals surface area contributed by atoms with E-state index < -0.39 is 0 Å². The smallest absolute Gasteiger partial charge is 0.346 e. The number of esters is 1. The first-order valence-electron chi connectivity index (χ1n) is 2.78. The van der Waals surface area contributed by atoms with Gasteiger partial charge in [0.25, 0.3) is 0 Å². The molecule has 0 rings (SSSR count). The molecular formula is C6H8Br2O2. The Balaban J connectivity index is 4.09. The van der Waals surface area contributed by atoms with Crippen molar-refractivity contribution in [3.8, 4) is 0 Å². The summed E-state index contributed by atoms with van der Waals surface area (Å²) in [6.07, 6.45) is 0. The lowest BCUT2D eigenvalue weighted by Crippen LogP contribution is -2.03. The Morgan fingerprint density at radius 2 is 2.00 bits per heavy atom. The van der Waals surface area contributed by atoms with Gasteiger partial charge in [0.2, 0.25) is 0 Å². The van der Waals surface area contributed by atoms with Gasteiger partial charge in [-0.1, -0.05) is 15.9 Å². The highest BCUT2D eigenvalue weighted by atomic mass is 79.9. The van der Waals surface area contributed by atoms with Crippen LogP contribution in [0.25, 0.3) is 0 Å². The van der Waals surface area contributed by atoms with Crippen LogP contribution in [-0.2, 0) is 9.53 Å². The standard InChI is InChI=1S/C6H8Br2O2/c1-3-10-6(9)5(8)4(2)7/h3H2,1-2H3/b5-4-. The van der Waals surface area contributed by atoms with E-state index in [4.69, 9.17) is 4.74 Å². The summed E-state index contributed by atoms with van der Waals surface area (Å²) < 4.78 is 5.87. The zero-order valence-corrected chi connectivity index (χ0v) is 8.95. The van der Waals surface area contributed by atoms with Gasteiger partial charge in [-0.3, -0.25) is 0 Å². The molecule has 4 heteroatoms. The number of carbonyl (C=O) groups excluding carboxylic acids is 1. The number of allylic oxidation sites excluding steroid dienone is 1. The normalized spacial score (nSPS) is 12.4. The number of hydrogen-bond acceptors (Lipinski definition) is 2. The molecule has 0 radical (unpaired) electrons. The fraction of sp³-hybridized carbons (Fsp3) is 0.500. The van der Waals surface area contributed by atoms with Crippen LogP contribution >= 0.6 is 31.9 Å². The molecule has 0 aliphatic rings. The third-order valence-corrected chi connectivity index (χ3v) is 2.60. The highest BCUT2D eigenvalue weighted by Gasteiger charge is 2.07. The van der Waals surface area contributed by atoms with E-state index in [-0.39, 0.29) is 5.97 Å². The molecule has 0 aromatic carbocycles. The van der Waals surface area contributed by atoms with Gasteiger partial charge in [0, 0.05) is 4.48 Å². The first-order chi connectivity index (χ1) is 4.59. The molecule has 0 aliphatic carbocycles. The van der Waals surface area contributed by atoms with Gasteiger partial charge in [-0.05, 0) is 29.8 Å². The molecule has 0 saturated carbocycles. The van der Waals surface area contributed by atoms with Gasteiger partial charge in [0.1, 0.15) is 4.48 Å². The molecule has 0 N–H and O–H groups in total. The van der Waals surface area contributed by atoms with E-state index >= 15 is 0 Å². The van der Waals surface area contributed by atoms with Gasteiger partial charge in [-0.2, -0.15) is 0 Å². The maximum atomic E-state index is 10.8. The van der Waals surface area contributed by atoms with E-state index in [0.717, 1.165) is 4.48 Å². The second-order valence-corrected chi connectivity index (χ2v) is 3.55. The second kappa shape index (κ2) is 4.91. The number of halogens is 2. The van der Waals surface area contributed by atoms with Crippen LogP contribution in [0.15, 0.2) is 8.96 Å². The quantitative estimate of drug-likeness (QED) is 0.570. The van der Waals surface area contributed by atoms with Gasteiger partial charge in [-0.25, -0.2) is 4.79 Å². The SMILES string of the molecule is CCOC(=O)/C(Br)=C(\C)Br. The van der Waals surface area contributed by atoms with E-state index in [0.29, 0.717) is 11.1 Å². The third-order valence-electron chi connectivity index (χ3n) is 0.757. The first-order valence-corrected chi connectivity index (χ1v) is 4.37. The molecule has 0 unspecified atom stereocenters. The van der Waals surface area contributed by atoms with Crippen molar-refractivity contribution in [2.75, 3.05) is 6.61 Å². The maximum Gasteiger partial charge on any atom is 0.346 e. The maximum absolute atomic E-state index is 10.8. The van der Waals surface area contributed by atoms with E-state index in [1.807, 2.05) is 0 Å². The summed E-state index contributed by atoms with van der Waals surface area (Å²) in [6.45, 7) is 3.93. The molecule has 0 fully saturated rings. The lowest BCUT2D eigenvalue weighted by Gasteiger charge is -1.99. The monoisotopic (exact) mass is 270 g/mol. The van der Waals surface area contributed by atoms with Crippen molar-refractivity contribution in [2.24, 2.45) is 0 Å². The Morgan fingerprint density at radius 1 is 1.50 bits per heavy atom. The molecule has 0 bridgehead atoms. The zero-order valence-electron chi connectivity index (χ0n) is 5.78. The minimum atomic E-state index is -0.336. The summed E-state index contributed by atoms with van der Waals surface area (Å²) in [6, 6.07) is 0. The highest BCUT2D eigenvalue weighted by molar-refractivity contribution is 9.14. The number of rotatable bonds is 2. The van der Waals surface area contributed by atoms with E-state index in [2.05, 4.69) is 31.9 Å². The van der Waals surface area contributed by atoms with Crippen LogP contribution in [0.4, 0.5) is 0 Å². The molecule has 0 atom stereocenters. The molecule has 0 heterocycles. The van der Waals surface area contributed by atoms with Crippen molar-refractivity contribution in [3.05, 3.63) is 8.96 Å². The molecule has 0 saturated heterocycles. The average Bonchev–Trinajstić information content (AvgIpc) is 1.87. The van der Waals surface area contributed by atoms with Crippen LogP contribution in [0, 0.1) is 0 Å². The number of hydrogen-bond donors (Lipinski definition) is 0. The Labute approximate surface area is 76.9 Å². The lowest BCUT2D eigenvalue weighted by atomic mass is 10.5. The van der Waals surface area contributed by atoms with E-state index in [1.54, 1.807) is 13.8 Å². The van der Waals surface area contributed by atoms with Crippen LogP contribution in [-0.4, -0.2) is 12.6 Å². The second-order valence-electron chi connectivity index (χ2n) is 1.57. The molecule has 2 nitrogen and oxygen atoms in total. The van der Waals surface area contributed by atoms with Crippen LogP contribution in [0.3, 0.4) is 0 Å². The van der Waals surface area contributed by atoms with Crippen LogP contribution in [0.2, 0.25) is 0 Å². The van der Waals surface area contributed by atoms with Crippen molar-refractivity contribution in [1.29, 1.82) is 0 Å². The Kier molecular flexibility index (Phi) is 4.99. The first kappa shape index (κ1) is 10.2. The van der Waals surface area contributed by atoms with E-state index in [1.165, 1.54) is 0 Å². The summed E-state index contributed by atoms with van der Waals surface area (Å²) in [4.78, 5) is 10.8. The molecule has 0 aromatic heterocycles. The number of carbonyl (C=O) groups is 1. The minimum absolute atomic E-state index is 0.336. The van der Waals surface area contributed by atoms with Crippen molar-refractivity contribution < 1.29 is 9.53 Å². The summed E-state index contributed by atoms with van der Waals surface area (Å²) >= 11 is 6.21. The molecule has 0 spiro atoms. The van der Waals surface area contributed by atoms with E-state index in [9.17, 15) is 4.79 Å². The van der Waals surface area contributed by atoms with Crippen molar-refractivity contribution in [3.63, 3.8) is 0 Å². The van der Waals surface area contributed by atoms with Crippen molar-refractivity contribution in [1.82, 2.24) is 0 Å². The fourth-order valence-corrected chi connectivity index (χ4v) is 0.611. The van der Waals surface area contributed by atoms with Crippen LogP contribution in [0.1, 0.15) is 13.8 Å². The lowest BCUT2D eigenvalue weighted by molar-refractivity contribution is -0.137. The summed E-state index contributed by atoms with van der Waals surface area (Å²) in [5.74, 6) is -0.336. The molecule has 10 heavy (non-hydrogen) atoms. The molecule has 58 valence electrons. The summed E-state index contributed by atoms with van der Waals surface area (Å²) in [5.41, 5.74) is 0. The van der Waals surface area contributed by atoms with Gasteiger partial charge >= 0.3 is 5.97 Å². The van der Waals surface area contributed by atoms with Crippen molar-refractivity contribution in [2.45, 2.75) is 13.8 Å². The van der Waals surface area contributed by atoms with Gasteiger partial charge in [0.15, 0.2) is 0 Å². The third kappa shape index (κ3) is 3.37. The largest absolute Gasteiger partial charge is 0.462 e. The average molecular weight is 272 g/mol. The Morgan fingerprint density at radius 3 is 2.30 bits per heavy atom. The molecular weight excluding hydrogens is 264 g/mol. The summed E-state index contributed by atoms with van der Waals surface area (Å²) in [7, 11) is 0. The zero-order chi connectivity index (χ0) is 8.15. The molecule has 0 aliphatic heterocycles. The van der Waals surface area contributed by atoms with Crippen LogP contribution in [0.5, 0.6) is 0 Å². The van der Waals surface area contributed by atoms with Crippen molar-refractivity contribution >= 4 is 37.8 Å². The fourth-order valence-electron chi connectivity index (χ4n) is 0.335. The number of ether oxygens (including phenoxy) is 1. The van der Waals surface area contributed by atoms with Gasteiger partial charge in [-0.15, -0.1) is 0 Å². The summed E-state index contributed by atoms with van der Waals surface area (Å²) in [5, 5.41) is 0. The van der Waals surface area contributed by atoms with Gasteiger partial charge in [0.05, 0.1) is 6.61 Å². The Bertz CT molecular complexity index is 159.